The zero-order chi connectivity index (χ0) is 13.5. The molecule has 0 fully saturated rings. The number of rotatable bonds is 6. The number of amides is 1. The predicted molar refractivity (Wildman–Crippen MR) is 80.4 cm³/mol. The molecule has 0 bridgehead atoms. The van der Waals surface area contributed by atoms with Gasteiger partial charge in [0.25, 0.3) is 0 Å². The smallest absolute Gasteiger partial charge is 0.242 e. The SMILES string of the molecule is CCCC(N)C(=O)Nc1cc(CN(C)C)ccn1.Cl. The molecule has 6 heteroatoms. The Morgan fingerprint density at radius 3 is 2.79 bits per heavy atom. The maximum Gasteiger partial charge on any atom is 0.242 e. The molecule has 5 nitrogen and oxygen atoms in total. The quantitative estimate of drug-likeness (QED) is 0.834. The van der Waals surface area contributed by atoms with Crippen LogP contribution in [0.2, 0.25) is 0 Å². The molecule has 1 aromatic rings. The van der Waals surface area contributed by atoms with Crippen molar-refractivity contribution in [2.24, 2.45) is 5.73 Å². The first-order chi connectivity index (χ1) is 8.52. The number of hydrogen-bond donors (Lipinski definition) is 2. The summed E-state index contributed by atoms with van der Waals surface area (Å²) >= 11 is 0. The fourth-order valence-corrected chi connectivity index (χ4v) is 1.67. The van der Waals surface area contributed by atoms with Gasteiger partial charge in [0.1, 0.15) is 5.82 Å². The molecule has 108 valence electrons. The van der Waals surface area contributed by atoms with Crippen molar-refractivity contribution in [3.8, 4) is 0 Å². The second kappa shape index (κ2) is 8.85. The van der Waals surface area contributed by atoms with E-state index in [1.54, 1.807) is 6.20 Å². The molecule has 0 radical (unpaired) electrons. The van der Waals surface area contributed by atoms with Gasteiger partial charge in [-0.15, -0.1) is 12.4 Å². The van der Waals surface area contributed by atoms with E-state index in [0.29, 0.717) is 12.2 Å². The highest BCUT2D eigenvalue weighted by Gasteiger charge is 2.12. The lowest BCUT2D eigenvalue weighted by molar-refractivity contribution is -0.117. The number of carbonyl (C=O) groups excluding carboxylic acids is 1. The highest BCUT2D eigenvalue weighted by molar-refractivity contribution is 5.93. The Hall–Kier alpha value is -1.17. The Kier molecular flexibility index (Phi) is 8.30. The van der Waals surface area contributed by atoms with Crippen molar-refractivity contribution < 1.29 is 4.79 Å². The summed E-state index contributed by atoms with van der Waals surface area (Å²) in [5.41, 5.74) is 6.85. The molecule has 1 heterocycles. The van der Waals surface area contributed by atoms with E-state index in [0.717, 1.165) is 18.5 Å². The maximum absolute atomic E-state index is 11.7. The number of pyridine rings is 1. The van der Waals surface area contributed by atoms with E-state index in [9.17, 15) is 4.79 Å². The first kappa shape index (κ1) is 17.8. The molecular formula is C13H23ClN4O. The summed E-state index contributed by atoms with van der Waals surface area (Å²) < 4.78 is 0. The number of nitrogens with two attached hydrogens (primary N) is 1. The van der Waals surface area contributed by atoms with Gasteiger partial charge in [-0.2, -0.15) is 0 Å². The molecule has 0 saturated carbocycles. The van der Waals surface area contributed by atoms with Crippen LogP contribution in [0, 0.1) is 0 Å². The van der Waals surface area contributed by atoms with E-state index in [4.69, 9.17) is 5.73 Å². The zero-order valence-corrected chi connectivity index (χ0v) is 12.5. The van der Waals surface area contributed by atoms with E-state index in [1.807, 2.05) is 33.2 Å². The van der Waals surface area contributed by atoms with E-state index in [-0.39, 0.29) is 18.3 Å². The lowest BCUT2D eigenvalue weighted by Crippen LogP contribution is -2.35. The van der Waals surface area contributed by atoms with E-state index < -0.39 is 6.04 Å². The minimum absolute atomic E-state index is 0. The molecule has 0 aliphatic carbocycles. The zero-order valence-electron chi connectivity index (χ0n) is 11.7. The summed E-state index contributed by atoms with van der Waals surface area (Å²) in [4.78, 5) is 17.9. The molecule has 0 aliphatic heterocycles. The number of carbonyl (C=O) groups is 1. The highest BCUT2D eigenvalue weighted by Crippen LogP contribution is 2.09. The van der Waals surface area contributed by atoms with Gasteiger partial charge >= 0.3 is 0 Å². The molecule has 1 unspecified atom stereocenters. The number of aromatic nitrogens is 1. The summed E-state index contributed by atoms with van der Waals surface area (Å²) in [5.74, 6) is 0.386. The highest BCUT2D eigenvalue weighted by atomic mass is 35.5. The third-order valence-corrected chi connectivity index (χ3v) is 2.51. The van der Waals surface area contributed by atoms with Gasteiger partial charge in [-0.1, -0.05) is 13.3 Å². The third-order valence-electron chi connectivity index (χ3n) is 2.51. The van der Waals surface area contributed by atoms with E-state index in [2.05, 4.69) is 15.2 Å². The van der Waals surface area contributed by atoms with Crippen LogP contribution in [0.5, 0.6) is 0 Å². The third kappa shape index (κ3) is 6.52. The molecule has 0 saturated heterocycles. The van der Waals surface area contributed by atoms with Crippen LogP contribution in [-0.4, -0.2) is 35.9 Å². The summed E-state index contributed by atoms with van der Waals surface area (Å²) in [6.07, 6.45) is 3.27. The molecule has 1 amide bonds. The van der Waals surface area contributed by atoms with Gasteiger partial charge in [0.15, 0.2) is 0 Å². The number of nitrogens with zero attached hydrogens (tertiary/aromatic N) is 2. The number of hydrogen-bond acceptors (Lipinski definition) is 4. The molecule has 1 aromatic heterocycles. The van der Waals surface area contributed by atoms with Crippen LogP contribution >= 0.6 is 12.4 Å². The minimum atomic E-state index is -0.464. The van der Waals surface area contributed by atoms with Gasteiger partial charge in [0.2, 0.25) is 5.91 Å². The van der Waals surface area contributed by atoms with Crippen LogP contribution in [0.4, 0.5) is 5.82 Å². The first-order valence-electron chi connectivity index (χ1n) is 6.19. The molecule has 1 atom stereocenters. The van der Waals surface area contributed by atoms with Crippen molar-refractivity contribution >= 4 is 24.1 Å². The molecule has 0 aliphatic rings. The Morgan fingerprint density at radius 2 is 2.21 bits per heavy atom. The van der Waals surface area contributed by atoms with E-state index in [1.165, 1.54) is 0 Å². The average molecular weight is 287 g/mol. The molecule has 0 aromatic carbocycles. The number of nitrogens with one attached hydrogen (secondary N) is 1. The van der Waals surface area contributed by atoms with Crippen LogP contribution < -0.4 is 11.1 Å². The predicted octanol–water partition coefficient (Wildman–Crippen LogP) is 1.63. The summed E-state index contributed by atoms with van der Waals surface area (Å²) in [6, 6.07) is 3.34. The molecule has 1 rings (SSSR count). The lowest BCUT2D eigenvalue weighted by Gasteiger charge is -2.13. The Morgan fingerprint density at radius 1 is 1.53 bits per heavy atom. The monoisotopic (exact) mass is 286 g/mol. The molecular weight excluding hydrogens is 264 g/mol. The van der Waals surface area contributed by atoms with Crippen LogP contribution in [0.1, 0.15) is 25.3 Å². The van der Waals surface area contributed by atoms with Gasteiger partial charge in [-0.3, -0.25) is 4.79 Å². The fourth-order valence-electron chi connectivity index (χ4n) is 1.67. The van der Waals surface area contributed by atoms with Gasteiger partial charge in [0, 0.05) is 12.7 Å². The van der Waals surface area contributed by atoms with Gasteiger partial charge in [0.05, 0.1) is 6.04 Å². The Balaban J connectivity index is 0.00000324. The maximum atomic E-state index is 11.7. The van der Waals surface area contributed by atoms with Gasteiger partial charge < -0.3 is 16.0 Å². The summed E-state index contributed by atoms with van der Waals surface area (Å²) in [6.45, 7) is 2.81. The minimum Gasteiger partial charge on any atom is -0.320 e. The largest absolute Gasteiger partial charge is 0.320 e. The van der Waals surface area contributed by atoms with Gasteiger partial charge in [-0.05, 0) is 38.2 Å². The Labute approximate surface area is 121 Å². The number of halogens is 1. The molecule has 0 spiro atoms. The molecule has 19 heavy (non-hydrogen) atoms. The lowest BCUT2D eigenvalue weighted by atomic mass is 10.1. The second-order valence-corrected chi connectivity index (χ2v) is 4.67. The summed E-state index contributed by atoms with van der Waals surface area (Å²) in [7, 11) is 3.99. The average Bonchev–Trinajstić information content (AvgIpc) is 2.28. The van der Waals surface area contributed by atoms with Crippen LogP contribution in [0.3, 0.4) is 0 Å². The van der Waals surface area contributed by atoms with Crippen molar-refractivity contribution in [2.75, 3.05) is 19.4 Å². The van der Waals surface area contributed by atoms with Crippen LogP contribution in [0.25, 0.3) is 0 Å². The van der Waals surface area contributed by atoms with E-state index >= 15 is 0 Å². The van der Waals surface area contributed by atoms with Gasteiger partial charge in [-0.25, -0.2) is 4.98 Å². The first-order valence-corrected chi connectivity index (χ1v) is 6.19. The summed E-state index contributed by atoms with van der Waals surface area (Å²) in [5, 5.41) is 2.75. The normalized spacial score (nSPS) is 11.8. The van der Waals surface area contributed by atoms with Crippen molar-refractivity contribution in [1.29, 1.82) is 0 Å². The number of anilines is 1. The standard InChI is InChI=1S/C13H22N4O.ClH/c1-4-5-11(14)13(18)16-12-8-10(6-7-15-12)9-17(2)3;/h6-8,11H,4-5,9,14H2,1-3H3,(H,15,16,18);1H. The van der Waals surface area contributed by atoms with Crippen molar-refractivity contribution in [3.63, 3.8) is 0 Å². The molecule has 3 N–H and O–H groups in total. The topological polar surface area (TPSA) is 71.2 Å². The van der Waals surface area contributed by atoms with Crippen LogP contribution in [-0.2, 0) is 11.3 Å². The van der Waals surface area contributed by atoms with Crippen LogP contribution in [0.15, 0.2) is 18.3 Å². The fraction of sp³-hybridized carbons (Fsp3) is 0.538. The van der Waals surface area contributed by atoms with Crippen molar-refractivity contribution in [1.82, 2.24) is 9.88 Å². The van der Waals surface area contributed by atoms with Crippen molar-refractivity contribution in [3.05, 3.63) is 23.9 Å². The second-order valence-electron chi connectivity index (χ2n) is 4.67. The Bertz CT molecular complexity index is 398. The van der Waals surface area contributed by atoms with Crippen molar-refractivity contribution in [2.45, 2.75) is 32.4 Å².